The molecule has 12 nitrogen and oxygen atoms in total. The van der Waals surface area contributed by atoms with Gasteiger partial charge in [-0.1, -0.05) is 0 Å². The Bertz CT molecular complexity index is 1000. The second-order valence-corrected chi connectivity index (χ2v) is 7.03. The molecule has 2 heterocycles. The molecule has 13 heteroatoms. The summed E-state index contributed by atoms with van der Waals surface area (Å²) in [7, 11) is 2.85. The van der Waals surface area contributed by atoms with Crippen LogP contribution in [0.3, 0.4) is 0 Å². The number of anilines is 2. The molecule has 168 valence electrons. The Balaban J connectivity index is 2.30. The number of amides is 1. The molecule has 0 bridgehead atoms. The smallest absolute Gasteiger partial charge is 0.409 e. The first-order valence-corrected chi connectivity index (χ1v) is 9.95. The van der Waals surface area contributed by atoms with Gasteiger partial charge in [-0.3, -0.25) is 10.1 Å². The first-order chi connectivity index (χ1) is 14.9. The Morgan fingerprint density at radius 2 is 2.19 bits per heavy atom. The van der Waals surface area contributed by atoms with Gasteiger partial charge in [0.05, 0.1) is 31.1 Å². The number of aliphatic hydroxyl groups is 1. The summed E-state index contributed by atoms with van der Waals surface area (Å²) >= 11 is 1.09. The van der Waals surface area contributed by atoms with Crippen molar-refractivity contribution in [1.82, 2.24) is 10.2 Å². The van der Waals surface area contributed by atoms with Crippen LogP contribution in [0.25, 0.3) is 0 Å². The molecular formula is C18H25N6O6S+. The maximum Gasteiger partial charge on any atom is 0.409 e. The molecule has 0 aliphatic rings. The van der Waals surface area contributed by atoms with Gasteiger partial charge in [-0.15, -0.1) is 0 Å². The van der Waals surface area contributed by atoms with E-state index in [0.29, 0.717) is 24.0 Å². The van der Waals surface area contributed by atoms with E-state index in [1.807, 2.05) is 0 Å². The van der Waals surface area contributed by atoms with Crippen LogP contribution in [0.4, 0.5) is 16.0 Å². The number of aliphatic hydroxyl groups excluding tert-OH is 1. The third kappa shape index (κ3) is 6.60. The van der Waals surface area contributed by atoms with Crippen LogP contribution in [0.15, 0.2) is 27.6 Å². The topological polar surface area (TPSA) is 167 Å². The van der Waals surface area contributed by atoms with Gasteiger partial charge in [-0.2, -0.15) is 0 Å². The molecule has 0 aromatic carbocycles. The maximum absolute atomic E-state index is 12.7. The molecule has 1 amide bonds. The molecular weight excluding hydrogens is 428 g/mol. The van der Waals surface area contributed by atoms with Crippen LogP contribution in [-0.4, -0.2) is 67.4 Å². The average molecular weight is 454 g/mol. The third-order valence-electron chi connectivity index (χ3n) is 3.89. The first-order valence-electron chi connectivity index (χ1n) is 9.14. The standard InChI is InChI=1S/C18H24N6O6S/c1-11(4-5-19)20-17-22-23-18(31-17)21-15(26)13-10-12(14(29-3)16(27)30-13)24(6-8-25)7-9-28-2/h4-5,10,25H,6-9,19H2,1-3H3,(H,21,23,26)/p+1/b5-4-,20-11+. The maximum atomic E-state index is 12.7. The summed E-state index contributed by atoms with van der Waals surface area (Å²) in [5.41, 5.74) is 5.54. The van der Waals surface area contributed by atoms with E-state index in [1.54, 1.807) is 17.9 Å². The Labute approximate surface area is 182 Å². The molecule has 0 aliphatic carbocycles. The zero-order valence-electron chi connectivity index (χ0n) is 17.4. The van der Waals surface area contributed by atoms with Gasteiger partial charge in [0, 0.05) is 26.3 Å². The molecule has 5 N–H and O–H groups in total. The van der Waals surface area contributed by atoms with Crippen molar-refractivity contribution in [2.24, 2.45) is 5.73 Å². The quantitative estimate of drug-likeness (QED) is 0.305. The Kier molecular flexibility index (Phi) is 9.12. The number of nitrogens with one attached hydrogen (secondary N) is 2. The van der Waals surface area contributed by atoms with E-state index in [4.69, 9.17) is 19.6 Å². The van der Waals surface area contributed by atoms with E-state index in [9.17, 15) is 14.7 Å². The van der Waals surface area contributed by atoms with Crippen LogP contribution in [-0.2, 0) is 4.74 Å². The van der Waals surface area contributed by atoms with E-state index < -0.39 is 11.5 Å². The Morgan fingerprint density at radius 1 is 1.42 bits per heavy atom. The molecule has 0 saturated heterocycles. The highest BCUT2D eigenvalue weighted by Gasteiger charge is 2.23. The van der Waals surface area contributed by atoms with E-state index in [0.717, 1.165) is 17.0 Å². The third-order valence-corrected chi connectivity index (χ3v) is 4.64. The van der Waals surface area contributed by atoms with Gasteiger partial charge in [0.25, 0.3) is 5.91 Å². The minimum atomic E-state index is -0.830. The number of nitrogens with zero attached hydrogens (tertiary/aromatic N) is 3. The van der Waals surface area contributed by atoms with Crippen molar-refractivity contribution in [2.75, 3.05) is 50.7 Å². The van der Waals surface area contributed by atoms with Gasteiger partial charge in [0.2, 0.25) is 10.9 Å². The lowest BCUT2D eigenvalue weighted by molar-refractivity contribution is -0.353. The van der Waals surface area contributed by atoms with E-state index in [2.05, 4.69) is 20.5 Å². The van der Waals surface area contributed by atoms with Gasteiger partial charge < -0.3 is 29.6 Å². The molecule has 0 radical (unpaired) electrons. The van der Waals surface area contributed by atoms with Crippen molar-refractivity contribution in [3.05, 3.63) is 34.5 Å². The van der Waals surface area contributed by atoms with Crippen LogP contribution >= 0.6 is 11.3 Å². The van der Waals surface area contributed by atoms with Crippen molar-refractivity contribution < 1.29 is 28.8 Å². The lowest BCUT2D eigenvalue weighted by atomic mass is 10.2. The average Bonchev–Trinajstić information content (AvgIpc) is 3.17. The Hall–Kier alpha value is -3.29. The second kappa shape index (κ2) is 11.8. The van der Waals surface area contributed by atoms with Gasteiger partial charge in [0.15, 0.2) is 5.76 Å². The fourth-order valence-electron chi connectivity index (χ4n) is 2.52. The number of rotatable bonds is 11. The zero-order valence-corrected chi connectivity index (χ0v) is 18.2. The molecule has 0 aliphatic heterocycles. The molecule has 2 aromatic heterocycles. The predicted octanol–water partition coefficient (Wildman–Crippen LogP) is -1.16. The second-order valence-electron chi connectivity index (χ2n) is 6.05. The van der Waals surface area contributed by atoms with Crippen LogP contribution in [0, 0.1) is 0 Å². The molecule has 0 saturated carbocycles. The number of nitrogens with two attached hydrogens (primary N) is 1. The fraction of sp³-hybridized carbons (Fsp3) is 0.389. The Morgan fingerprint density at radius 3 is 2.84 bits per heavy atom. The monoisotopic (exact) mass is 453 g/mol. The summed E-state index contributed by atoms with van der Waals surface area (Å²) in [6.07, 6.45) is 3.02. The molecule has 2 aromatic rings. The van der Waals surface area contributed by atoms with Gasteiger partial charge in [-0.05, 0) is 35.6 Å². The highest BCUT2D eigenvalue weighted by molar-refractivity contribution is 7.18. The summed E-state index contributed by atoms with van der Waals surface area (Å²) in [6.45, 7) is 2.50. The number of allylic oxidation sites excluding steroid dienone is 1. The van der Waals surface area contributed by atoms with Crippen LogP contribution < -0.4 is 31.3 Å². The van der Waals surface area contributed by atoms with Crippen molar-refractivity contribution in [3.8, 4) is 5.75 Å². The lowest BCUT2D eigenvalue weighted by Gasteiger charge is -2.24. The molecule has 2 rings (SSSR count). The van der Waals surface area contributed by atoms with E-state index in [-0.39, 0.29) is 29.8 Å². The largest absolute Gasteiger partial charge is 0.488 e. The minimum absolute atomic E-state index is 0.0810. The highest BCUT2D eigenvalue weighted by atomic mass is 32.1. The molecule has 0 fully saturated rings. The summed E-state index contributed by atoms with van der Waals surface area (Å²) in [5.74, 6) is -1.02. The first kappa shape index (κ1) is 24.0. The number of ether oxygens (including phenoxy) is 2. The minimum Gasteiger partial charge on any atom is -0.488 e. The highest BCUT2D eigenvalue weighted by Crippen LogP contribution is 2.26. The van der Waals surface area contributed by atoms with Crippen molar-refractivity contribution in [3.63, 3.8) is 0 Å². The number of aromatic nitrogens is 2. The summed E-state index contributed by atoms with van der Waals surface area (Å²) in [6, 6.07) is 1.37. The van der Waals surface area contributed by atoms with E-state index in [1.165, 1.54) is 26.5 Å². The zero-order chi connectivity index (χ0) is 22.8. The predicted molar refractivity (Wildman–Crippen MR) is 115 cm³/mol. The van der Waals surface area contributed by atoms with Crippen LogP contribution in [0.2, 0.25) is 0 Å². The number of hydrogen-bond acceptors (Lipinski definition) is 11. The van der Waals surface area contributed by atoms with Crippen molar-refractivity contribution >= 4 is 38.9 Å². The summed E-state index contributed by atoms with van der Waals surface area (Å²) in [4.78, 5) is 29.7. The number of hydrogen-bond donors (Lipinski definition) is 4. The molecule has 0 unspecified atom stereocenters. The van der Waals surface area contributed by atoms with Crippen LogP contribution in [0.5, 0.6) is 5.75 Å². The number of carbonyl (C=O) groups is 1. The molecule has 31 heavy (non-hydrogen) atoms. The van der Waals surface area contributed by atoms with Crippen LogP contribution in [0.1, 0.15) is 17.5 Å². The summed E-state index contributed by atoms with van der Waals surface area (Å²) in [5, 5.41) is 20.3. The van der Waals surface area contributed by atoms with Gasteiger partial charge in [0.1, 0.15) is 5.71 Å². The molecule has 0 atom stereocenters. The van der Waals surface area contributed by atoms with Gasteiger partial charge in [-0.25, -0.2) is 9.79 Å². The molecule has 0 spiro atoms. The fourth-order valence-corrected chi connectivity index (χ4v) is 3.22. The normalized spacial score (nSPS) is 11.7. The SMILES string of the molecule is COCCN(CCO)c1cc(C(=O)Nc2nnc(/[NH+]=C(C)/C=C\N)s2)oc(=O)c1OC. The number of methoxy groups -OCH3 is 2. The van der Waals surface area contributed by atoms with Gasteiger partial charge >= 0.3 is 10.8 Å². The lowest BCUT2D eigenvalue weighted by Crippen LogP contribution is -2.65. The van der Waals surface area contributed by atoms with Crippen molar-refractivity contribution in [1.29, 1.82) is 0 Å². The summed E-state index contributed by atoms with van der Waals surface area (Å²) < 4.78 is 15.3. The number of carbonyl (C=O) groups excluding carboxylic acids is 1. The van der Waals surface area contributed by atoms with Crippen molar-refractivity contribution in [2.45, 2.75) is 6.92 Å². The van der Waals surface area contributed by atoms with E-state index >= 15 is 0 Å².